The Morgan fingerprint density at radius 2 is 1.84 bits per heavy atom. The van der Waals surface area contributed by atoms with Crippen LogP contribution in [0.15, 0.2) is 53.7 Å². The zero-order valence-corrected chi connectivity index (χ0v) is 18.3. The number of fused-ring (bicyclic) bond motifs is 1. The molecule has 3 heterocycles. The van der Waals surface area contributed by atoms with Crippen LogP contribution in [0.2, 0.25) is 0 Å². The zero-order valence-electron chi connectivity index (χ0n) is 18.3. The lowest BCUT2D eigenvalue weighted by atomic mass is 10.1. The van der Waals surface area contributed by atoms with Gasteiger partial charge in [-0.05, 0) is 35.9 Å². The minimum absolute atomic E-state index is 0.174. The lowest BCUT2D eigenvalue weighted by Gasteiger charge is -2.13. The smallest absolute Gasteiger partial charge is 0.264 e. The van der Waals surface area contributed by atoms with Crippen molar-refractivity contribution in [1.82, 2.24) is 19.5 Å². The second-order valence-corrected chi connectivity index (χ2v) is 7.14. The molecule has 0 fully saturated rings. The van der Waals surface area contributed by atoms with Gasteiger partial charge in [-0.1, -0.05) is 6.07 Å². The van der Waals surface area contributed by atoms with Gasteiger partial charge in [0.15, 0.2) is 11.5 Å². The molecule has 0 amide bonds. The molecule has 0 aliphatic heterocycles. The van der Waals surface area contributed by atoms with Gasteiger partial charge in [-0.2, -0.15) is 0 Å². The van der Waals surface area contributed by atoms with E-state index in [1.807, 2.05) is 37.4 Å². The number of methoxy groups -OCH3 is 2. The monoisotopic (exact) mass is 432 g/mol. The molecule has 3 aromatic heterocycles. The molecule has 0 unspecified atom stereocenters. The number of benzene rings is 1. The summed E-state index contributed by atoms with van der Waals surface area (Å²) in [5.41, 5.74) is 2.81. The number of pyridine rings is 2. The molecular weight excluding hydrogens is 408 g/mol. The van der Waals surface area contributed by atoms with Crippen molar-refractivity contribution in [3.05, 3.63) is 64.8 Å². The number of nitrogens with one attached hydrogen (secondary N) is 2. The van der Waals surface area contributed by atoms with Crippen LogP contribution in [0, 0.1) is 0 Å². The van der Waals surface area contributed by atoms with Crippen LogP contribution in [0.3, 0.4) is 0 Å². The molecule has 0 bridgehead atoms. The molecule has 0 spiro atoms. The van der Waals surface area contributed by atoms with E-state index in [0.717, 1.165) is 16.9 Å². The van der Waals surface area contributed by atoms with Crippen LogP contribution in [-0.2, 0) is 13.6 Å². The number of rotatable bonds is 7. The van der Waals surface area contributed by atoms with E-state index in [1.54, 1.807) is 33.5 Å². The zero-order chi connectivity index (χ0) is 22.7. The Hall–Kier alpha value is -4.14. The third-order valence-electron chi connectivity index (χ3n) is 5.12. The van der Waals surface area contributed by atoms with E-state index in [0.29, 0.717) is 40.5 Å². The number of aromatic nitrogens is 4. The van der Waals surface area contributed by atoms with Crippen molar-refractivity contribution < 1.29 is 9.47 Å². The van der Waals surface area contributed by atoms with E-state index >= 15 is 0 Å². The minimum Gasteiger partial charge on any atom is -0.493 e. The fraction of sp³-hybridized carbons (Fsp3) is 0.217. The lowest BCUT2D eigenvalue weighted by molar-refractivity contribution is 0.355. The van der Waals surface area contributed by atoms with Crippen molar-refractivity contribution in [3.63, 3.8) is 0 Å². The SMILES string of the molecule is CNc1ccc(CNc2nc(-c3ccc(OC)c(OC)c3)cc3ncn(C)c(=O)c23)cn1. The van der Waals surface area contributed by atoms with Gasteiger partial charge in [-0.3, -0.25) is 4.79 Å². The van der Waals surface area contributed by atoms with Crippen LogP contribution < -0.4 is 25.7 Å². The summed E-state index contributed by atoms with van der Waals surface area (Å²) in [6, 6.07) is 11.2. The average molecular weight is 432 g/mol. The van der Waals surface area contributed by atoms with Gasteiger partial charge < -0.3 is 24.7 Å². The maximum atomic E-state index is 12.9. The van der Waals surface area contributed by atoms with Gasteiger partial charge >= 0.3 is 0 Å². The molecule has 0 aliphatic carbocycles. The van der Waals surface area contributed by atoms with Crippen LogP contribution in [0.1, 0.15) is 5.56 Å². The second-order valence-electron chi connectivity index (χ2n) is 7.14. The van der Waals surface area contributed by atoms with Gasteiger partial charge in [0.2, 0.25) is 0 Å². The van der Waals surface area contributed by atoms with Crippen molar-refractivity contribution in [2.75, 3.05) is 31.9 Å². The third-order valence-corrected chi connectivity index (χ3v) is 5.12. The fourth-order valence-corrected chi connectivity index (χ4v) is 3.36. The Morgan fingerprint density at radius 1 is 1.03 bits per heavy atom. The highest BCUT2D eigenvalue weighted by Crippen LogP contribution is 2.33. The predicted molar refractivity (Wildman–Crippen MR) is 124 cm³/mol. The summed E-state index contributed by atoms with van der Waals surface area (Å²) in [5.74, 6) is 2.46. The van der Waals surface area contributed by atoms with Crippen molar-refractivity contribution in [2.24, 2.45) is 7.05 Å². The number of aryl methyl sites for hydroxylation is 1. The maximum absolute atomic E-state index is 12.9. The maximum Gasteiger partial charge on any atom is 0.264 e. The minimum atomic E-state index is -0.174. The summed E-state index contributed by atoms with van der Waals surface area (Å²) < 4.78 is 12.2. The number of anilines is 2. The molecule has 9 heteroatoms. The molecule has 4 aromatic rings. The lowest BCUT2D eigenvalue weighted by Crippen LogP contribution is -2.19. The molecule has 32 heavy (non-hydrogen) atoms. The van der Waals surface area contributed by atoms with Crippen LogP contribution in [-0.4, -0.2) is 40.8 Å². The van der Waals surface area contributed by atoms with Crippen molar-refractivity contribution >= 4 is 22.5 Å². The van der Waals surface area contributed by atoms with Crippen LogP contribution in [0.5, 0.6) is 11.5 Å². The van der Waals surface area contributed by atoms with Crippen LogP contribution in [0.4, 0.5) is 11.6 Å². The summed E-state index contributed by atoms with van der Waals surface area (Å²) in [5, 5.41) is 6.71. The van der Waals surface area contributed by atoms with Gasteiger partial charge in [0.25, 0.3) is 5.56 Å². The van der Waals surface area contributed by atoms with Crippen molar-refractivity contribution in [2.45, 2.75) is 6.54 Å². The molecule has 0 saturated carbocycles. The van der Waals surface area contributed by atoms with Gasteiger partial charge in [-0.25, -0.2) is 15.0 Å². The van der Waals surface area contributed by atoms with E-state index in [9.17, 15) is 4.79 Å². The third kappa shape index (κ3) is 4.04. The van der Waals surface area contributed by atoms with E-state index < -0.39 is 0 Å². The summed E-state index contributed by atoms with van der Waals surface area (Å²) in [4.78, 5) is 26.4. The molecule has 164 valence electrons. The summed E-state index contributed by atoms with van der Waals surface area (Å²) in [6.45, 7) is 0.451. The summed E-state index contributed by atoms with van der Waals surface area (Å²) in [7, 11) is 6.66. The second kappa shape index (κ2) is 8.93. The standard InChI is InChI=1S/C23H24N6O3/c1-24-20-8-5-14(11-25-20)12-26-22-21-17(27-13-29(2)23(21)30)10-16(28-22)15-6-7-18(31-3)19(9-15)32-4/h5-11,13H,12H2,1-4H3,(H,24,25)(H,26,28). The highest BCUT2D eigenvalue weighted by molar-refractivity contribution is 5.91. The van der Waals surface area contributed by atoms with E-state index in [-0.39, 0.29) is 5.56 Å². The van der Waals surface area contributed by atoms with Gasteiger partial charge in [-0.15, -0.1) is 0 Å². The topological polar surface area (TPSA) is 103 Å². The van der Waals surface area contributed by atoms with Crippen LogP contribution in [0.25, 0.3) is 22.2 Å². The molecule has 0 atom stereocenters. The summed E-state index contributed by atoms with van der Waals surface area (Å²) in [6.07, 6.45) is 3.28. The number of nitrogens with zero attached hydrogens (tertiary/aromatic N) is 4. The normalized spacial score (nSPS) is 10.8. The first-order valence-corrected chi connectivity index (χ1v) is 9.99. The van der Waals surface area contributed by atoms with E-state index in [2.05, 4.69) is 20.6 Å². The Morgan fingerprint density at radius 3 is 2.53 bits per heavy atom. The average Bonchev–Trinajstić information content (AvgIpc) is 2.84. The number of hydrogen-bond donors (Lipinski definition) is 2. The first-order chi connectivity index (χ1) is 15.5. The molecule has 4 rings (SSSR count). The molecule has 1 aromatic carbocycles. The van der Waals surface area contributed by atoms with Crippen molar-refractivity contribution in [1.29, 1.82) is 0 Å². The van der Waals surface area contributed by atoms with E-state index in [1.165, 1.54) is 10.9 Å². The number of hydrogen-bond acceptors (Lipinski definition) is 8. The quantitative estimate of drug-likeness (QED) is 0.459. The Bertz CT molecular complexity index is 1320. The fourth-order valence-electron chi connectivity index (χ4n) is 3.36. The summed E-state index contributed by atoms with van der Waals surface area (Å²) >= 11 is 0. The predicted octanol–water partition coefficient (Wildman–Crippen LogP) is 3.06. The molecule has 9 nitrogen and oxygen atoms in total. The first-order valence-electron chi connectivity index (χ1n) is 9.99. The molecular formula is C23H24N6O3. The molecule has 0 aliphatic rings. The van der Waals surface area contributed by atoms with Gasteiger partial charge in [0, 0.05) is 32.4 Å². The molecule has 0 saturated heterocycles. The highest BCUT2D eigenvalue weighted by atomic mass is 16.5. The van der Waals surface area contributed by atoms with Crippen LogP contribution >= 0.6 is 0 Å². The highest BCUT2D eigenvalue weighted by Gasteiger charge is 2.15. The molecule has 0 radical (unpaired) electrons. The van der Waals surface area contributed by atoms with E-state index in [4.69, 9.17) is 14.5 Å². The van der Waals surface area contributed by atoms with Gasteiger partial charge in [0.1, 0.15) is 17.0 Å². The largest absolute Gasteiger partial charge is 0.493 e. The van der Waals surface area contributed by atoms with Gasteiger partial charge in [0.05, 0.1) is 31.8 Å². The van der Waals surface area contributed by atoms with Crippen molar-refractivity contribution in [3.8, 4) is 22.8 Å². The Kier molecular flexibility index (Phi) is 5.89. The Labute approximate surface area is 185 Å². The number of ether oxygens (including phenoxy) is 2. The Balaban J connectivity index is 1.79. The first kappa shape index (κ1) is 21.1. The molecule has 2 N–H and O–H groups in total.